The molecule has 1 aromatic carbocycles. The van der Waals surface area contributed by atoms with E-state index in [4.69, 9.17) is 0 Å². The molecule has 1 atom stereocenters. The molecule has 130 valence electrons. The van der Waals surface area contributed by atoms with Crippen molar-refractivity contribution < 1.29 is 18.8 Å². The predicted octanol–water partition coefficient (Wildman–Crippen LogP) is 1.28. The minimum atomic E-state index is -0.669. The molecule has 8 heteroatoms. The van der Waals surface area contributed by atoms with Crippen molar-refractivity contribution in [3.63, 3.8) is 0 Å². The van der Waals surface area contributed by atoms with Gasteiger partial charge in [-0.05, 0) is 36.8 Å². The molecule has 1 fully saturated rings. The summed E-state index contributed by atoms with van der Waals surface area (Å²) in [5.41, 5.74) is 5.77. The van der Waals surface area contributed by atoms with Gasteiger partial charge in [-0.15, -0.1) is 0 Å². The number of hydrazine groups is 1. The molecule has 0 aliphatic carbocycles. The van der Waals surface area contributed by atoms with Crippen molar-refractivity contribution in [2.24, 2.45) is 5.92 Å². The van der Waals surface area contributed by atoms with Crippen LogP contribution in [0, 0.1) is 18.7 Å². The third kappa shape index (κ3) is 3.52. The summed E-state index contributed by atoms with van der Waals surface area (Å²) in [6.45, 7) is 1.81. The van der Waals surface area contributed by atoms with Crippen LogP contribution < -0.4 is 15.8 Å². The minimum absolute atomic E-state index is 0.0441. The first kappa shape index (κ1) is 16.7. The molecular weight excluding hydrogens is 327 g/mol. The predicted molar refractivity (Wildman–Crippen MR) is 88.0 cm³/mol. The van der Waals surface area contributed by atoms with Crippen LogP contribution in [0.5, 0.6) is 0 Å². The fraction of sp³-hybridized carbons (Fsp3) is 0.235. The monoisotopic (exact) mass is 344 g/mol. The highest BCUT2D eigenvalue weighted by atomic mass is 19.1. The lowest BCUT2D eigenvalue weighted by atomic mass is 10.1. The van der Waals surface area contributed by atoms with Crippen LogP contribution >= 0.6 is 0 Å². The molecule has 1 unspecified atom stereocenters. The van der Waals surface area contributed by atoms with Gasteiger partial charge in [0.15, 0.2) is 0 Å². The molecule has 2 heterocycles. The van der Waals surface area contributed by atoms with Gasteiger partial charge in [-0.3, -0.25) is 25.2 Å². The summed E-state index contributed by atoms with van der Waals surface area (Å²) in [7, 11) is 0. The number of nitrogens with zero attached hydrogens (tertiary/aromatic N) is 1. The number of nitrogens with one attached hydrogen (secondary N) is 3. The molecule has 0 radical (unpaired) electrons. The highest BCUT2D eigenvalue weighted by Gasteiger charge is 2.36. The van der Waals surface area contributed by atoms with E-state index in [1.54, 1.807) is 31.3 Å². The van der Waals surface area contributed by atoms with Crippen LogP contribution in [-0.4, -0.2) is 29.3 Å². The molecule has 1 aliphatic rings. The van der Waals surface area contributed by atoms with Gasteiger partial charge < -0.3 is 9.88 Å². The van der Waals surface area contributed by atoms with Crippen molar-refractivity contribution in [2.45, 2.75) is 13.3 Å². The summed E-state index contributed by atoms with van der Waals surface area (Å²) in [6, 6.07) is 7.78. The van der Waals surface area contributed by atoms with Crippen LogP contribution in [0.3, 0.4) is 0 Å². The van der Waals surface area contributed by atoms with E-state index in [0.29, 0.717) is 5.69 Å². The summed E-state index contributed by atoms with van der Waals surface area (Å²) in [5, 5.41) is 0. The molecule has 0 spiro atoms. The van der Waals surface area contributed by atoms with Gasteiger partial charge >= 0.3 is 0 Å². The van der Waals surface area contributed by atoms with Gasteiger partial charge in [-0.2, -0.15) is 0 Å². The number of aromatic nitrogens is 1. The number of aromatic amines is 1. The van der Waals surface area contributed by atoms with Gasteiger partial charge in [-0.25, -0.2) is 4.39 Å². The maximum atomic E-state index is 14.1. The van der Waals surface area contributed by atoms with E-state index >= 15 is 0 Å². The van der Waals surface area contributed by atoms with E-state index in [1.807, 2.05) is 0 Å². The standard InChI is InChI=1S/C17H17FN4O3/c1-10-4-5-14(12(18)7-10)22-9-11(8-15(22)23)16(24)20-21-17(25)13-3-2-6-19-13/h2-7,11,19H,8-9H2,1H3,(H,20,24)(H,21,25). The molecule has 3 N–H and O–H groups in total. The van der Waals surface area contributed by atoms with Crippen LogP contribution in [0.2, 0.25) is 0 Å². The van der Waals surface area contributed by atoms with E-state index in [0.717, 1.165) is 5.56 Å². The zero-order valence-electron chi connectivity index (χ0n) is 13.5. The molecule has 0 saturated carbocycles. The average Bonchev–Trinajstić information content (AvgIpc) is 3.22. The fourth-order valence-electron chi connectivity index (χ4n) is 2.71. The van der Waals surface area contributed by atoms with Crippen molar-refractivity contribution in [3.8, 4) is 0 Å². The number of anilines is 1. The SMILES string of the molecule is Cc1ccc(N2CC(C(=O)NNC(=O)c3ccc[nH]3)CC2=O)c(F)c1. The van der Waals surface area contributed by atoms with Gasteiger partial charge in [0.05, 0.1) is 11.6 Å². The lowest BCUT2D eigenvalue weighted by Gasteiger charge is -2.17. The Kier molecular flexibility index (Phi) is 4.51. The number of hydrogen-bond acceptors (Lipinski definition) is 3. The summed E-state index contributed by atoms with van der Waals surface area (Å²) in [5.74, 6) is -2.50. The Morgan fingerprint density at radius 2 is 2.08 bits per heavy atom. The van der Waals surface area contributed by atoms with Crippen molar-refractivity contribution in [3.05, 3.63) is 53.6 Å². The topological polar surface area (TPSA) is 94.3 Å². The van der Waals surface area contributed by atoms with E-state index in [2.05, 4.69) is 15.8 Å². The first-order chi connectivity index (χ1) is 12.0. The van der Waals surface area contributed by atoms with E-state index in [9.17, 15) is 18.8 Å². The molecule has 7 nitrogen and oxygen atoms in total. The van der Waals surface area contributed by atoms with Gasteiger partial charge in [-0.1, -0.05) is 6.07 Å². The fourth-order valence-corrected chi connectivity index (χ4v) is 2.71. The van der Waals surface area contributed by atoms with Gasteiger partial charge in [0.2, 0.25) is 11.8 Å². The van der Waals surface area contributed by atoms with Crippen LogP contribution in [0.4, 0.5) is 10.1 Å². The number of H-pyrrole nitrogens is 1. The van der Waals surface area contributed by atoms with Crippen molar-refractivity contribution in [2.75, 3.05) is 11.4 Å². The van der Waals surface area contributed by atoms with Crippen LogP contribution in [0.1, 0.15) is 22.5 Å². The molecule has 1 aromatic heterocycles. The second kappa shape index (κ2) is 6.76. The van der Waals surface area contributed by atoms with Gasteiger partial charge in [0, 0.05) is 19.2 Å². The lowest BCUT2D eigenvalue weighted by molar-refractivity contribution is -0.126. The zero-order valence-corrected chi connectivity index (χ0v) is 13.5. The van der Waals surface area contributed by atoms with Crippen LogP contribution in [-0.2, 0) is 9.59 Å². The van der Waals surface area contributed by atoms with E-state index < -0.39 is 23.5 Å². The number of carbonyl (C=O) groups is 3. The number of amides is 3. The average molecular weight is 344 g/mol. The Morgan fingerprint density at radius 1 is 1.28 bits per heavy atom. The summed E-state index contributed by atoms with van der Waals surface area (Å²) < 4.78 is 14.1. The van der Waals surface area contributed by atoms with Crippen molar-refractivity contribution >= 4 is 23.4 Å². The number of aryl methyl sites for hydroxylation is 1. The summed E-state index contributed by atoms with van der Waals surface area (Å²) in [4.78, 5) is 40.0. The highest BCUT2D eigenvalue weighted by molar-refractivity contribution is 6.01. The Morgan fingerprint density at radius 3 is 2.76 bits per heavy atom. The molecule has 3 rings (SSSR count). The molecule has 1 saturated heterocycles. The Hall–Kier alpha value is -3.16. The molecule has 3 amide bonds. The highest BCUT2D eigenvalue weighted by Crippen LogP contribution is 2.28. The van der Waals surface area contributed by atoms with Gasteiger partial charge in [0.1, 0.15) is 11.5 Å². The van der Waals surface area contributed by atoms with E-state index in [1.165, 1.54) is 17.0 Å². The Labute approximate surface area is 143 Å². The van der Waals surface area contributed by atoms with E-state index in [-0.39, 0.29) is 24.6 Å². The summed E-state index contributed by atoms with van der Waals surface area (Å²) >= 11 is 0. The lowest BCUT2D eigenvalue weighted by Crippen LogP contribution is -2.45. The third-order valence-corrected chi connectivity index (χ3v) is 4.03. The first-order valence-electron chi connectivity index (χ1n) is 7.76. The number of hydrogen-bond donors (Lipinski definition) is 3. The quantitative estimate of drug-likeness (QED) is 0.732. The number of benzene rings is 1. The molecule has 2 aromatic rings. The molecular formula is C17H17FN4O3. The second-order valence-corrected chi connectivity index (χ2v) is 5.89. The minimum Gasteiger partial charge on any atom is -0.357 e. The maximum absolute atomic E-state index is 14.1. The summed E-state index contributed by atoms with van der Waals surface area (Å²) in [6.07, 6.45) is 1.54. The molecule has 1 aliphatic heterocycles. The van der Waals surface area contributed by atoms with Crippen LogP contribution in [0.15, 0.2) is 36.5 Å². The zero-order chi connectivity index (χ0) is 18.0. The Bertz CT molecular complexity index is 819. The van der Waals surface area contributed by atoms with Crippen molar-refractivity contribution in [1.29, 1.82) is 0 Å². The first-order valence-corrected chi connectivity index (χ1v) is 7.76. The third-order valence-electron chi connectivity index (χ3n) is 4.03. The normalized spacial score (nSPS) is 16.8. The second-order valence-electron chi connectivity index (χ2n) is 5.89. The molecule has 25 heavy (non-hydrogen) atoms. The number of carbonyl (C=O) groups excluding carboxylic acids is 3. The molecule has 0 bridgehead atoms. The van der Waals surface area contributed by atoms with Gasteiger partial charge in [0.25, 0.3) is 5.91 Å². The smallest absolute Gasteiger partial charge is 0.286 e. The number of halogens is 1. The maximum Gasteiger partial charge on any atom is 0.286 e. The van der Waals surface area contributed by atoms with Crippen LogP contribution in [0.25, 0.3) is 0 Å². The number of rotatable bonds is 3. The van der Waals surface area contributed by atoms with Crippen molar-refractivity contribution in [1.82, 2.24) is 15.8 Å². The largest absolute Gasteiger partial charge is 0.357 e. The Balaban J connectivity index is 1.61.